The normalized spacial score (nSPS) is 21.0. The van der Waals surface area contributed by atoms with Gasteiger partial charge in [0.2, 0.25) is 0 Å². The van der Waals surface area contributed by atoms with Gasteiger partial charge in [0.15, 0.2) is 0 Å². The molecule has 4 rings (SSSR count). The molecule has 3 aromatic rings. The number of thiophene rings is 1. The standard InChI is InChI=1S/C33H45N3O8S3/c1-23-11-14-28(15-12-23)46(39,40)34-27-13-16-30-29(19-27)33(38)36(25(3)22-37)20-24(2)31(43-17-7-6-9-26(4)44-30)21-35(5)47(41,42)32-10-8-18-45-32/h8,10-16,18-19,24-26,31,34,37H,6-7,9,17,20-22H2,1-5H3/t24-,25-,26+,31+/m1/s1. The Kier molecular flexibility index (Phi) is 12.5. The molecule has 2 heterocycles. The maximum absolute atomic E-state index is 14.3. The Hall–Kier alpha value is -3.01. The molecule has 1 aliphatic rings. The lowest BCUT2D eigenvalue weighted by atomic mass is 10.0. The number of ether oxygens (including phenoxy) is 2. The van der Waals surface area contributed by atoms with E-state index in [9.17, 15) is 26.7 Å². The molecule has 0 radical (unpaired) electrons. The van der Waals surface area contributed by atoms with E-state index < -0.39 is 38.1 Å². The van der Waals surface area contributed by atoms with Crippen molar-refractivity contribution >= 4 is 43.0 Å². The molecule has 11 nitrogen and oxygen atoms in total. The number of rotatable bonds is 9. The van der Waals surface area contributed by atoms with E-state index in [0.29, 0.717) is 18.8 Å². The summed E-state index contributed by atoms with van der Waals surface area (Å²) in [5.41, 5.74) is 1.24. The van der Waals surface area contributed by atoms with Gasteiger partial charge in [0.25, 0.3) is 26.0 Å². The van der Waals surface area contributed by atoms with Crippen LogP contribution in [0.4, 0.5) is 5.69 Å². The van der Waals surface area contributed by atoms with Crippen LogP contribution in [0.5, 0.6) is 5.75 Å². The lowest BCUT2D eigenvalue weighted by Gasteiger charge is -2.35. The summed E-state index contributed by atoms with van der Waals surface area (Å²) in [6.07, 6.45) is 1.35. The van der Waals surface area contributed by atoms with Crippen LogP contribution in [0.15, 0.2) is 69.1 Å². The fourth-order valence-electron chi connectivity index (χ4n) is 5.30. The number of nitrogens with one attached hydrogen (secondary N) is 1. The molecule has 2 aromatic carbocycles. The first-order chi connectivity index (χ1) is 22.2. The summed E-state index contributed by atoms with van der Waals surface area (Å²) in [4.78, 5) is 15.9. The summed E-state index contributed by atoms with van der Waals surface area (Å²) < 4.78 is 69.5. The lowest BCUT2D eigenvalue weighted by molar-refractivity contribution is -0.00832. The molecule has 47 heavy (non-hydrogen) atoms. The number of nitrogens with zero attached hydrogens (tertiary/aromatic N) is 2. The minimum Gasteiger partial charge on any atom is -0.490 e. The third-order valence-corrected chi connectivity index (χ3v) is 12.8. The van der Waals surface area contributed by atoms with Crippen molar-refractivity contribution in [2.24, 2.45) is 5.92 Å². The van der Waals surface area contributed by atoms with Gasteiger partial charge in [-0.1, -0.05) is 30.7 Å². The fourth-order valence-corrected chi connectivity index (χ4v) is 8.73. The second-order valence-electron chi connectivity index (χ2n) is 12.1. The summed E-state index contributed by atoms with van der Waals surface area (Å²) in [6.45, 7) is 7.64. The number of sulfonamides is 2. The first kappa shape index (κ1) is 36.8. The minimum absolute atomic E-state index is 0.0674. The fraction of sp³-hybridized carbons (Fsp3) is 0.485. The molecular weight excluding hydrogens is 663 g/mol. The molecule has 0 unspecified atom stereocenters. The van der Waals surface area contributed by atoms with E-state index in [0.717, 1.165) is 29.7 Å². The average Bonchev–Trinajstić information content (AvgIpc) is 3.59. The number of carbonyl (C=O) groups is 1. The van der Waals surface area contributed by atoms with Crippen LogP contribution in [0.1, 0.15) is 56.0 Å². The number of anilines is 1. The van der Waals surface area contributed by atoms with Crippen molar-refractivity contribution in [1.82, 2.24) is 9.21 Å². The Morgan fingerprint density at radius 3 is 2.47 bits per heavy atom. The molecule has 14 heteroatoms. The molecule has 1 aromatic heterocycles. The van der Waals surface area contributed by atoms with Gasteiger partial charge >= 0.3 is 0 Å². The maximum atomic E-state index is 14.3. The van der Waals surface area contributed by atoms with E-state index in [1.807, 2.05) is 20.8 Å². The molecule has 1 aliphatic heterocycles. The number of likely N-dealkylation sites (N-methyl/N-ethyl adjacent to an activating group) is 1. The second kappa shape index (κ2) is 15.9. The predicted octanol–water partition coefficient (Wildman–Crippen LogP) is 4.97. The Bertz CT molecular complexity index is 1700. The first-order valence-corrected chi connectivity index (χ1v) is 19.5. The highest BCUT2D eigenvalue weighted by atomic mass is 32.2. The third-order valence-electron chi connectivity index (χ3n) is 8.23. The maximum Gasteiger partial charge on any atom is 0.261 e. The number of carbonyl (C=O) groups excluding carboxylic acids is 1. The number of hydrogen-bond donors (Lipinski definition) is 2. The van der Waals surface area contributed by atoms with E-state index in [1.165, 1.54) is 34.5 Å². The highest BCUT2D eigenvalue weighted by molar-refractivity contribution is 7.92. The molecule has 4 atom stereocenters. The highest BCUT2D eigenvalue weighted by Crippen LogP contribution is 2.30. The predicted molar refractivity (Wildman–Crippen MR) is 183 cm³/mol. The van der Waals surface area contributed by atoms with E-state index in [-0.39, 0.29) is 52.1 Å². The van der Waals surface area contributed by atoms with Crippen LogP contribution in [0.25, 0.3) is 0 Å². The van der Waals surface area contributed by atoms with Crippen LogP contribution in [-0.2, 0) is 24.8 Å². The third kappa shape index (κ3) is 9.33. The smallest absolute Gasteiger partial charge is 0.261 e. The SMILES string of the molecule is Cc1ccc(S(=O)(=O)Nc2ccc3c(c2)C(=O)N([C@H](C)CO)C[C@@H](C)[C@H](CN(C)S(=O)(=O)c2cccs2)OCCCC[C@H](C)O3)cc1. The summed E-state index contributed by atoms with van der Waals surface area (Å²) in [5, 5.41) is 11.9. The van der Waals surface area contributed by atoms with Gasteiger partial charge in [0, 0.05) is 38.3 Å². The van der Waals surface area contributed by atoms with Crippen molar-refractivity contribution in [3.8, 4) is 5.75 Å². The van der Waals surface area contributed by atoms with Gasteiger partial charge in [-0.3, -0.25) is 9.52 Å². The van der Waals surface area contributed by atoms with Crippen molar-refractivity contribution < 1.29 is 36.2 Å². The zero-order valence-electron chi connectivity index (χ0n) is 27.5. The van der Waals surface area contributed by atoms with Crippen LogP contribution in [0.2, 0.25) is 0 Å². The lowest BCUT2D eigenvalue weighted by Crippen LogP contribution is -2.48. The second-order valence-corrected chi connectivity index (χ2v) is 17.0. The molecule has 0 bridgehead atoms. The molecule has 0 spiro atoms. The first-order valence-electron chi connectivity index (χ1n) is 15.7. The summed E-state index contributed by atoms with van der Waals surface area (Å²) in [6, 6.07) is 13.7. The molecule has 0 saturated heterocycles. The molecule has 1 amide bonds. The molecule has 0 aliphatic carbocycles. The molecule has 0 fully saturated rings. The Morgan fingerprint density at radius 1 is 1.09 bits per heavy atom. The number of aliphatic hydroxyl groups is 1. The van der Waals surface area contributed by atoms with Gasteiger partial charge in [-0.15, -0.1) is 11.3 Å². The van der Waals surface area contributed by atoms with Gasteiger partial charge in [0.1, 0.15) is 9.96 Å². The summed E-state index contributed by atoms with van der Waals surface area (Å²) >= 11 is 1.14. The zero-order chi connectivity index (χ0) is 34.4. The Balaban J connectivity index is 1.68. The van der Waals surface area contributed by atoms with Gasteiger partial charge in [-0.25, -0.2) is 16.8 Å². The van der Waals surface area contributed by atoms with Gasteiger partial charge < -0.3 is 19.5 Å². The van der Waals surface area contributed by atoms with Crippen molar-refractivity contribution in [1.29, 1.82) is 0 Å². The van der Waals surface area contributed by atoms with E-state index in [4.69, 9.17) is 9.47 Å². The summed E-state index contributed by atoms with van der Waals surface area (Å²) in [7, 11) is -6.17. The average molecular weight is 708 g/mol. The topological polar surface area (TPSA) is 143 Å². The Morgan fingerprint density at radius 2 is 1.81 bits per heavy atom. The summed E-state index contributed by atoms with van der Waals surface area (Å²) in [5.74, 6) is -0.508. The number of amides is 1. The molecular formula is C33H45N3O8S3. The quantitative estimate of drug-likeness (QED) is 0.318. The highest BCUT2D eigenvalue weighted by Gasteiger charge is 2.33. The van der Waals surface area contributed by atoms with Crippen LogP contribution in [0.3, 0.4) is 0 Å². The van der Waals surface area contributed by atoms with E-state index in [1.54, 1.807) is 48.7 Å². The van der Waals surface area contributed by atoms with Gasteiger partial charge in [-0.05, 0) is 81.8 Å². The van der Waals surface area contributed by atoms with Gasteiger partial charge in [0.05, 0.1) is 35.3 Å². The van der Waals surface area contributed by atoms with Crippen LogP contribution < -0.4 is 9.46 Å². The Labute approximate surface area is 282 Å². The number of hydrogen-bond acceptors (Lipinski definition) is 9. The molecule has 258 valence electrons. The van der Waals surface area contributed by atoms with Crippen molar-refractivity contribution in [2.75, 3.05) is 38.1 Å². The minimum atomic E-state index is -3.95. The van der Waals surface area contributed by atoms with Crippen LogP contribution >= 0.6 is 11.3 Å². The van der Waals surface area contributed by atoms with Gasteiger partial charge in [-0.2, -0.15) is 4.31 Å². The molecule has 0 saturated carbocycles. The van der Waals surface area contributed by atoms with Crippen LogP contribution in [-0.4, -0.2) is 88.7 Å². The molecule has 2 N–H and O–H groups in total. The monoisotopic (exact) mass is 707 g/mol. The van der Waals surface area contributed by atoms with Crippen molar-refractivity contribution in [2.45, 2.75) is 74.3 Å². The van der Waals surface area contributed by atoms with Crippen LogP contribution in [0, 0.1) is 12.8 Å². The van der Waals surface area contributed by atoms with Crippen molar-refractivity contribution in [3.05, 3.63) is 71.1 Å². The number of aliphatic hydroxyl groups excluding tert-OH is 1. The van der Waals surface area contributed by atoms with E-state index in [2.05, 4.69) is 4.72 Å². The number of aryl methyl sites for hydroxylation is 1. The number of fused-ring (bicyclic) bond motifs is 1. The zero-order valence-corrected chi connectivity index (χ0v) is 29.9. The largest absolute Gasteiger partial charge is 0.490 e. The van der Waals surface area contributed by atoms with E-state index >= 15 is 0 Å². The van der Waals surface area contributed by atoms with Crippen molar-refractivity contribution in [3.63, 3.8) is 0 Å². The number of benzene rings is 2.